The number of nitrogens with zero attached hydrogens (tertiary/aromatic N) is 1. The van der Waals surface area contributed by atoms with Gasteiger partial charge in [-0.25, -0.2) is 0 Å². The molecule has 2 heterocycles. The molecule has 3 aliphatic rings. The van der Waals surface area contributed by atoms with E-state index in [9.17, 15) is 4.79 Å². The maximum Gasteiger partial charge on any atom is 0.220 e. The molecule has 2 fully saturated rings. The average Bonchev–Trinajstić information content (AvgIpc) is 3.12. The van der Waals surface area contributed by atoms with Crippen LogP contribution in [0.15, 0.2) is 24.3 Å². The summed E-state index contributed by atoms with van der Waals surface area (Å²) in [5, 5.41) is 6.63. The Bertz CT molecular complexity index is 541. The van der Waals surface area contributed by atoms with Crippen LogP contribution in [-0.2, 0) is 4.79 Å². The molecule has 4 rings (SSSR count). The first-order chi connectivity index (χ1) is 10.3. The van der Waals surface area contributed by atoms with Crippen LogP contribution in [-0.4, -0.2) is 42.5 Å². The van der Waals surface area contributed by atoms with E-state index >= 15 is 0 Å². The second-order valence-electron chi connectivity index (χ2n) is 6.65. The largest absolute Gasteiger partial charge is 0.384 e. The molecule has 0 radical (unpaired) electrons. The molecular weight excluding hydrogens is 262 g/mol. The molecule has 21 heavy (non-hydrogen) atoms. The van der Waals surface area contributed by atoms with Crippen LogP contribution in [0.2, 0.25) is 0 Å². The van der Waals surface area contributed by atoms with E-state index < -0.39 is 0 Å². The van der Waals surface area contributed by atoms with Gasteiger partial charge in [-0.3, -0.25) is 9.69 Å². The van der Waals surface area contributed by atoms with Gasteiger partial charge in [0.1, 0.15) is 0 Å². The Labute approximate surface area is 125 Å². The highest BCUT2D eigenvalue weighted by atomic mass is 16.1. The minimum atomic E-state index is 0.209. The molecular formula is C17H23N3O. The van der Waals surface area contributed by atoms with Crippen LogP contribution in [0.4, 0.5) is 5.69 Å². The lowest BCUT2D eigenvalue weighted by Gasteiger charge is -2.17. The Balaban J connectivity index is 1.30. The summed E-state index contributed by atoms with van der Waals surface area (Å²) in [6, 6.07) is 9.51. The highest BCUT2D eigenvalue weighted by Gasteiger charge is 2.35. The smallest absolute Gasteiger partial charge is 0.220 e. The first-order valence-electron chi connectivity index (χ1n) is 8.16. The summed E-state index contributed by atoms with van der Waals surface area (Å²) in [5.41, 5.74) is 2.48. The van der Waals surface area contributed by atoms with Crippen molar-refractivity contribution in [2.75, 3.05) is 25.0 Å². The zero-order valence-corrected chi connectivity index (χ0v) is 12.3. The van der Waals surface area contributed by atoms with Gasteiger partial charge < -0.3 is 10.6 Å². The fraction of sp³-hybridized carbons (Fsp3) is 0.588. The summed E-state index contributed by atoms with van der Waals surface area (Å²) >= 11 is 0. The molecule has 2 aliphatic heterocycles. The molecule has 0 spiro atoms. The maximum absolute atomic E-state index is 12.3. The van der Waals surface area contributed by atoms with Crippen molar-refractivity contribution in [3.63, 3.8) is 0 Å². The van der Waals surface area contributed by atoms with Crippen molar-refractivity contribution < 1.29 is 4.79 Å². The van der Waals surface area contributed by atoms with Gasteiger partial charge in [0.15, 0.2) is 0 Å². The van der Waals surface area contributed by atoms with E-state index in [2.05, 4.69) is 33.7 Å². The monoisotopic (exact) mass is 285 g/mol. The van der Waals surface area contributed by atoms with Gasteiger partial charge in [0.2, 0.25) is 5.91 Å². The molecule has 0 bridgehead atoms. The highest BCUT2D eigenvalue weighted by Crippen LogP contribution is 2.33. The van der Waals surface area contributed by atoms with Crippen molar-refractivity contribution >= 4 is 11.6 Å². The molecule has 4 heteroatoms. The number of amides is 1. The molecule has 0 aromatic heterocycles. The Morgan fingerprint density at radius 2 is 2.14 bits per heavy atom. The van der Waals surface area contributed by atoms with E-state index in [1.54, 1.807) is 0 Å². The van der Waals surface area contributed by atoms with Crippen molar-refractivity contribution in [1.82, 2.24) is 10.2 Å². The Kier molecular flexibility index (Phi) is 3.34. The molecule has 1 aromatic carbocycles. The molecule has 2 atom stereocenters. The molecule has 1 saturated heterocycles. The summed E-state index contributed by atoms with van der Waals surface area (Å²) in [5.74, 6) is 0.531. The van der Waals surface area contributed by atoms with Crippen LogP contribution in [0.3, 0.4) is 0 Å². The van der Waals surface area contributed by atoms with Gasteiger partial charge in [-0.15, -0.1) is 0 Å². The van der Waals surface area contributed by atoms with Gasteiger partial charge in [0.05, 0.1) is 0 Å². The normalized spacial score (nSPS) is 28.2. The number of para-hydroxylation sites is 1. The van der Waals surface area contributed by atoms with Crippen molar-refractivity contribution in [3.05, 3.63) is 29.8 Å². The van der Waals surface area contributed by atoms with Crippen LogP contribution in [0, 0.1) is 0 Å². The van der Waals surface area contributed by atoms with Gasteiger partial charge in [-0.1, -0.05) is 18.2 Å². The lowest BCUT2D eigenvalue weighted by Crippen LogP contribution is -2.38. The second kappa shape index (κ2) is 5.34. The van der Waals surface area contributed by atoms with Gasteiger partial charge in [0.25, 0.3) is 0 Å². The molecule has 1 amide bonds. The van der Waals surface area contributed by atoms with E-state index in [0.29, 0.717) is 18.4 Å². The zero-order valence-electron chi connectivity index (χ0n) is 12.3. The highest BCUT2D eigenvalue weighted by molar-refractivity contribution is 5.78. The van der Waals surface area contributed by atoms with E-state index in [4.69, 9.17) is 0 Å². The summed E-state index contributed by atoms with van der Waals surface area (Å²) in [4.78, 5) is 14.8. The van der Waals surface area contributed by atoms with E-state index in [0.717, 1.165) is 32.1 Å². The zero-order chi connectivity index (χ0) is 14.2. The van der Waals surface area contributed by atoms with Gasteiger partial charge >= 0.3 is 0 Å². The third-order valence-corrected chi connectivity index (χ3v) is 5.02. The fourth-order valence-electron chi connectivity index (χ4n) is 3.73. The Morgan fingerprint density at radius 1 is 1.29 bits per heavy atom. The number of nitrogens with one attached hydrogen (secondary N) is 2. The first kappa shape index (κ1) is 13.1. The molecule has 112 valence electrons. The Morgan fingerprint density at radius 3 is 3.00 bits per heavy atom. The van der Waals surface area contributed by atoms with Crippen LogP contribution in [0.25, 0.3) is 0 Å². The number of benzene rings is 1. The topological polar surface area (TPSA) is 44.4 Å². The van der Waals surface area contributed by atoms with E-state index in [1.165, 1.54) is 24.1 Å². The number of likely N-dealkylation sites (tertiary alicyclic amines) is 1. The molecule has 1 saturated carbocycles. The summed E-state index contributed by atoms with van der Waals surface area (Å²) in [7, 11) is 0. The van der Waals surface area contributed by atoms with Crippen LogP contribution >= 0.6 is 0 Å². The van der Waals surface area contributed by atoms with E-state index in [-0.39, 0.29) is 5.91 Å². The van der Waals surface area contributed by atoms with Crippen LogP contribution in [0.1, 0.15) is 37.2 Å². The summed E-state index contributed by atoms with van der Waals surface area (Å²) < 4.78 is 0. The summed E-state index contributed by atoms with van der Waals surface area (Å²) in [6.07, 6.45) is 4.42. The SMILES string of the molecule is O=C(CC1CNc2ccccc21)NC1CCN(C2CC2)C1. The molecule has 1 aromatic rings. The quantitative estimate of drug-likeness (QED) is 0.888. The number of carbonyl (C=O) groups excluding carboxylic acids is 1. The number of fused-ring (bicyclic) bond motifs is 1. The number of carbonyl (C=O) groups is 1. The van der Waals surface area contributed by atoms with Crippen LogP contribution in [0.5, 0.6) is 0 Å². The van der Waals surface area contributed by atoms with Gasteiger partial charge in [-0.2, -0.15) is 0 Å². The number of rotatable bonds is 4. The second-order valence-corrected chi connectivity index (χ2v) is 6.65. The molecule has 2 N–H and O–H groups in total. The van der Waals surface area contributed by atoms with E-state index in [1.807, 2.05) is 6.07 Å². The molecule has 1 aliphatic carbocycles. The number of anilines is 1. The van der Waals surface area contributed by atoms with Crippen molar-refractivity contribution in [2.45, 2.75) is 43.7 Å². The molecule has 4 nitrogen and oxygen atoms in total. The lowest BCUT2D eigenvalue weighted by molar-refractivity contribution is -0.122. The standard InChI is InChI=1S/C17H23N3O/c21-17(19-13-7-8-20(11-13)14-5-6-14)9-12-10-18-16-4-2-1-3-15(12)16/h1-4,12-14,18H,5-11H2,(H,19,21). The predicted octanol–water partition coefficient (Wildman–Crippen LogP) is 1.94. The Hall–Kier alpha value is -1.55. The third-order valence-electron chi connectivity index (χ3n) is 5.02. The summed E-state index contributed by atoms with van der Waals surface area (Å²) in [6.45, 7) is 3.09. The van der Waals surface area contributed by atoms with Crippen LogP contribution < -0.4 is 10.6 Å². The maximum atomic E-state index is 12.3. The lowest BCUT2D eigenvalue weighted by atomic mass is 9.97. The van der Waals surface area contributed by atoms with Gasteiger partial charge in [0, 0.05) is 49.7 Å². The minimum absolute atomic E-state index is 0.209. The van der Waals surface area contributed by atoms with Crippen molar-refractivity contribution in [3.8, 4) is 0 Å². The number of hydrogen-bond donors (Lipinski definition) is 2. The van der Waals surface area contributed by atoms with Crippen molar-refractivity contribution in [1.29, 1.82) is 0 Å². The average molecular weight is 285 g/mol. The predicted molar refractivity (Wildman–Crippen MR) is 83.4 cm³/mol. The third kappa shape index (κ3) is 2.77. The number of hydrogen-bond acceptors (Lipinski definition) is 3. The molecule has 2 unspecified atom stereocenters. The van der Waals surface area contributed by atoms with Crippen molar-refractivity contribution in [2.24, 2.45) is 0 Å². The fourth-order valence-corrected chi connectivity index (χ4v) is 3.73. The first-order valence-corrected chi connectivity index (χ1v) is 8.16. The van der Waals surface area contributed by atoms with Gasteiger partial charge in [-0.05, 0) is 30.9 Å². The minimum Gasteiger partial charge on any atom is -0.384 e.